The molecule has 0 spiro atoms. The number of methoxy groups -OCH3 is 1. The van der Waals surface area contributed by atoms with Crippen molar-refractivity contribution >= 4 is 47.7 Å². The van der Waals surface area contributed by atoms with Gasteiger partial charge in [0.15, 0.2) is 0 Å². The van der Waals surface area contributed by atoms with Crippen molar-refractivity contribution in [3.8, 4) is 0 Å². The molecule has 1 aromatic rings. The first-order chi connectivity index (χ1) is 31.1. The summed E-state index contributed by atoms with van der Waals surface area (Å²) in [7, 11) is 4.21. The quantitative estimate of drug-likeness (QED) is 0.150. The number of esters is 1. The van der Waals surface area contributed by atoms with Crippen LogP contribution in [0.1, 0.15) is 130 Å². The second-order valence-corrected chi connectivity index (χ2v) is 22.1. The molecule has 2 fully saturated rings. The average Bonchev–Trinajstić information content (AvgIpc) is 3.88. The van der Waals surface area contributed by atoms with Crippen molar-refractivity contribution < 1.29 is 52.6 Å². The summed E-state index contributed by atoms with van der Waals surface area (Å²) in [5, 5.41) is 11.8. The van der Waals surface area contributed by atoms with Crippen molar-refractivity contribution in [3.05, 3.63) is 47.7 Å². The summed E-state index contributed by atoms with van der Waals surface area (Å²) in [4.78, 5) is 112. The summed E-state index contributed by atoms with van der Waals surface area (Å²) in [5.74, 6) is -2.66. The van der Waals surface area contributed by atoms with Gasteiger partial charge in [0.2, 0.25) is 17.7 Å². The normalized spacial score (nSPS) is 19.3. The van der Waals surface area contributed by atoms with Crippen LogP contribution in [0.5, 0.6) is 0 Å². The van der Waals surface area contributed by atoms with Crippen LogP contribution in [-0.2, 0) is 33.4 Å². The maximum Gasteiger partial charge on any atom is 0.410 e. The number of carbonyl (C=O) groups is 8. The Morgan fingerprint density at radius 2 is 1.07 bits per heavy atom. The van der Waals surface area contributed by atoms with Crippen LogP contribution >= 0.6 is 0 Å². The highest BCUT2D eigenvalue weighted by Crippen LogP contribution is 2.32. The summed E-state index contributed by atoms with van der Waals surface area (Å²) in [5.41, 5.74) is -1.80. The van der Waals surface area contributed by atoms with Gasteiger partial charge in [-0.15, -0.1) is 0 Å². The van der Waals surface area contributed by atoms with Gasteiger partial charge in [-0.25, -0.2) is 14.4 Å². The molecule has 19 heteroatoms. The zero-order chi connectivity index (χ0) is 52.0. The zero-order valence-electron chi connectivity index (χ0n) is 43.4. The van der Waals surface area contributed by atoms with Crippen LogP contribution in [0.4, 0.5) is 9.59 Å². The fourth-order valence-corrected chi connectivity index (χ4v) is 7.66. The monoisotopic (exact) mass is 955 g/mol. The number of likely N-dealkylation sites (N-methyl/N-ethyl adjacent to an activating group) is 2. The molecule has 0 aliphatic carbocycles. The Bertz CT molecular complexity index is 2050. The number of nitrogens with zero attached hydrogens (tertiary/aromatic N) is 4. The van der Waals surface area contributed by atoms with Gasteiger partial charge < -0.3 is 45.3 Å². The fraction of sp³-hybridized carbons (Fsp3) is 0.673. The first kappa shape index (κ1) is 56.4. The van der Waals surface area contributed by atoms with E-state index in [9.17, 15) is 38.4 Å². The van der Waals surface area contributed by atoms with E-state index in [1.807, 2.05) is 41.5 Å². The summed E-state index contributed by atoms with van der Waals surface area (Å²) < 4.78 is 16.0. The molecule has 2 saturated heterocycles. The maximum atomic E-state index is 13.9. The van der Waals surface area contributed by atoms with Gasteiger partial charge in [0.25, 0.3) is 11.8 Å². The van der Waals surface area contributed by atoms with Crippen molar-refractivity contribution in [2.24, 2.45) is 10.8 Å². The minimum absolute atomic E-state index is 0.176. The lowest BCUT2D eigenvalue weighted by molar-refractivity contribution is -0.145. The standard InChI is InChI=1S/C49H78N8O11/c1-28(36(46(4,5)6)52-38(58)29(2)54(16)44(64)67-48(10,11)12)57-27-34(25-35(57)43(63)66-18)51-41(61)32-21-19-31(20-22-32)40(60)50-33-23-24-56(26-33)42(62)37(47(7,8)9)53-39(59)30(3)55(17)45(65)68-49(13,14)15/h19-22,29-30,33-37H,1,23-27H2,2-18H3,(H,50,60)(H,51,61)(H,52,58)(H,53,59)/t29-,30-,33-,34-,35-,36+,37+/m0/s1. The predicted molar refractivity (Wildman–Crippen MR) is 256 cm³/mol. The predicted octanol–water partition coefficient (Wildman–Crippen LogP) is 4.45. The Morgan fingerprint density at radius 3 is 1.47 bits per heavy atom. The molecule has 380 valence electrons. The van der Waals surface area contributed by atoms with Gasteiger partial charge in [-0.05, 0) is 96.9 Å². The zero-order valence-corrected chi connectivity index (χ0v) is 43.4. The number of hydrogen-bond acceptors (Lipinski definition) is 12. The molecule has 2 heterocycles. The van der Waals surface area contributed by atoms with Crippen LogP contribution in [0.3, 0.4) is 0 Å². The largest absolute Gasteiger partial charge is 0.467 e. The van der Waals surface area contributed by atoms with Gasteiger partial charge in [0.1, 0.15) is 35.4 Å². The summed E-state index contributed by atoms with van der Waals surface area (Å²) >= 11 is 0. The van der Waals surface area contributed by atoms with E-state index < -0.39 is 100 Å². The van der Waals surface area contributed by atoms with E-state index in [0.29, 0.717) is 24.2 Å². The number of likely N-dealkylation sites (tertiary alicyclic amines) is 2. The second kappa shape index (κ2) is 22.0. The molecule has 0 radical (unpaired) electrons. The lowest BCUT2D eigenvalue weighted by atomic mass is 9.84. The van der Waals surface area contributed by atoms with E-state index in [1.54, 1.807) is 65.2 Å². The lowest BCUT2D eigenvalue weighted by Crippen LogP contribution is -2.58. The molecule has 1 aromatic carbocycles. The van der Waals surface area contributed by atoms with Gasteiger partial charge in [-0.1, -0.05) is 48.1 Å². The second-order valence-electron chi connectivity index (χ2n) is 22.1. The van der Waals surface area contributed by atoms with Crippen LogP contribution < -0.4 is 21.3 Å². The topological polar surface area (TPSA) is 225 Å². The third kappa shape index (κ3) is 15.3. The number of ether oxygens (including phenoxy) is 3. The molecule has 2 aliphatic rings. The van der Waals surface area contributed by atoms with Crippen LogP contribution in [-0.4, -0.2) is 162 Å². The van der Waals surface area contributed by atoms with Gasteiger partial charge in [0, 0.05) is 69.1 Å². The molecule has 7 amide bonds. The molecule has 0 unspecified atom stereocenters. The minimum atomic E-state index is -0.921. The minimum Gasteiger partial charge on any atom is -0.467 e. The molecular formula is C49H78N8O11. The average molecular weight is 955 g/mol. The number of nitrogens with one attached hydrogen (secondary N) is 4. The van der Waals surface area contributed by atoms with E-state index >= 15 is 0 Å². The maximum absolute atomic E-state index is 13.9. The Morgan fingerprint density at radius 1 is 0.662 bits per heavy atom. The number of benzene rings is 1. The summed E-state index contributed by atoms with van der Waals surface area (Å²) in [6, 6.07) is 0.939. The van der Waals surface area contributed by atoms with Crippen LogP contribution in [0.25, 0.3) is 0 Å². The third-order valence-electron chi connectivity index (χ3n) is 11.9. The molecular weight excluding hydrogens is 877 g/mol. The highest BCUT2D eigenvalue weighted by atomic mass is 16.6. The molecule has 2 aliphatic heterocycles. The van der Waals surface area contributed by atoms with Crippen molar-refractivity contribution in [2.75, 3.05) is 40.8 Å². The number of hydrogen-bond donors (Lipinski definition) is 4. The van der Waals surface area contributed by atoms with Crippen molar-refractivity contribution in [1.82, 2.24) is 40.9 Å². The van der Waals surface area contributed by atoms with E-state index in [0.717, 1.165) is 0 Å². The number of rotatable bonds is 14. The SMILES string of the molecule is C=C([C@@H](NC(=O)[C@H](C)N(C)C(=O)OC(C)(C)C)C(C)(C)C)N1C[C@@H](NC(=O)c2ccc(C(=O)N[C@H]3CCN(C(=O)[C@@H](NC(=O)[C@H](C)N(C)C(=O)OC(C)(C)C)C(C)(C)C)C3)cc2)C[C@H]1C(=O)OC. The summed E-state index contributed by atoms with van der Waals surface area (Å²) in [6.07, 6.45) is -0.659. The molecule has 19 nitrogen and oxygen atoms in total. The first-order valence-electron chi connectivity index (χ1n) is 23.1. The van der Waals surface area contributed by atoms with E-state index in [-0.39, 0.29) is 37.0 Å². The lowest BCUT2D eigenvalue weighted by Gasteiger charge is -2.40. The third-order valence-corrected chi connectivity index (χ3v) is 11.9. The highest BCUT2D eigenvalue weighted by Gasteiger charge is 2.44. The van der Waals surface area contributed by atoms with Gasteiger partial charge in [-0.2, -0.15) is 0 Å². The van der Waals surface area contributed by atoms with Crippen LogP contribution in [0.15, 0.2) is 36.5 Å². The molecule has 0 bridgehead atoms. The Labute approximate surface area is 402 Å². The Hall–Kier alpha value is -5.88. The van der Waals surface area contributed by atoms with Crippen molar-refractivity contribution in [1.29, 1.82) is 0 Å². The summed E-state index contributed by atoms with van der Waals surface area (Å²) in [6.45, 7) is 29.8. The van der Waals surface area contributed by atoms with Crippen LogP contribution in [0, 0.1) is 10.8 Å². The van der Waals surface area contributed by atoms with Crippen molar-refractivity contribution in [3.63, 3.8) is 0 Å². The van der Waals surface area contributed by atoms with Gasteiger partial charge >= 0.3 is 18.2 Å². The number of amides is 7. The first-order valence-corrected chi connectivity index (χ1v) is 23.1. The molecule has 3 rings (SSSR count). The van der Waals surface area contributed by atoms with Crippen molar-refractivity contribution in [2.45, 2.75) is 163 Å². The fourth-order valence-electron chi connectivity index (χ4n) is 7.66. The molecule has 7 atom stereocenters. The molecule has 4 N–H and O–H groups in total. The van der Waals surface area contributed by atoms with Gasteiger partial charge in [0.05, 0.1) is 13.2 Å². The number of carbonyl (C=O) groups excluding carboxylic acids is 8. The molecule has 68 heavy (non-hydrogen) atoms. The van der Waals surface area contributed by atoms with E-state index in [4.69, 9.17) is 14.2 Å². The van der Waals surface area contributed by atoms with Crippen LogP contribution in [0.2, 0.25) is 0 Å². The molecule has 0 saturated carbocycles. The van der Waals surface area contributed by atoms with E-state index in [2.05, 4.69) is 27.8 Å². The van der Waals surface area contributed by atoms with E-state index in [1.165, 1.54) is 55.3 Å². The van der Waals surface area contributed by atoms with Gasteiger partial charge in [-0.3, -0.25) is 33.8 Å². The Kier molecular flexibility index (Phi) is 18.3. The Balaban J connectivity index is 1.65. The molecule has 0 aromatic heterocycles. The smallest absolute Gasteiger partial charge is 0.410 e. The highest BCUT2D eigenvalue weighted by molar-refractivity contribution is 5.98.